The largest absolute Gasteiger partial charge is 0.491 e. The van der Waals surface area contributed by atoms with Crippen LogP contribution in [-0.2, 0) is 7.05 Å². The molecule has 0 N–H and O–H groups in total. The molecule has 1 heterocycles. The second-order valence-electron chi connectivity index (χ2n) is 5.03. The van der Waals surface area contributed by atoms with E-state index < -0.39 is 0 Å². The molecule has 0 saturated heterocycles. The minimum Gasteiger partial charge on any atom is -0.491 e. The number of hydrogen-bond acceptors (Lipinski definition) is 2. The SMILES string of the molecule is Cc1cc(-c2nn(C)c(F)c2C)ccc1OC(C)C. The maximum absolute atomic E-state index is 13.7. The summed E-state index contributed by atoms with van der Waals surface area (Å²) in [7, 11) is 1.61. The van der Waals surface area contributed by atoms with Crippen molar-refractivity contribution < 1.29 is 9.13 Å². The molecule has 4 heteroatoms. The fourth-order valence-corrected chi connectivity index (χ4v) is 2.07. The van der Waals surface area contributed by atoms with Gasteiger partial charge in [0.2, 0.25) is 5.95 Å². The Balaban J connectivity index is 2.41. The van der Waals surface area contributed by atoms with E-state index in [1.54, 1.807) is 14.0 Å². The first-order chi connectivity index (χ1) is 8.90. The molecule has 0 saturated carbocycles. The second kappa shape index (κ2) is 5.03. The highest BCUT2D eigenvalue weighted by molar-refractivity contribution is 5.65. The molecule has 0 bridgehead atoms. The first-order valence-electron chi connectivity index (χ1n) is 6.37. The molecule has 1 aromatic heterocycles. The lowest BCUT2D eigenvalue weighted by molar-refractivity contribution is 0.241. The zero-order valence-electron chi connectivity index (χ0n) is 12.0. The van der Waals surface area contributed by atoms with Gasteiger partial charge in [-0.1, -0.05) is 0 Å². The Morgan fingerprint density at radius 3 is 2.42 bits per heavy atom. The van der Waals surface area contributed by atoms with E-state index in [0.29, 0.717) is 11.3 Å². The Hall–Kier alpha value is -1.84. The molecule has 0 aliphatic heterocycles. The van der Waals surface area contributed by atoms with E-state index in [2.05, 4.69) is 5.10 Å². The van der Waals surface area contributed by atoms with Gasteiger partial charge in [0, 0.05) is 18.2 Å². The molecule has 0 radical (unpaired) electrons. The lowest BCUT2D eigenvalue weighted by atomic mass is 10.1. The number of hydrogen-bond donors (Lipinski definition) is 0. The number of nitrogens with zero attached hydrogens (tertiary/aromatic N) is 2. The monoisotopic (exact) mass is 262 g/mol. The number of aromatic nitrogens is 2. The number of ether oxygens (including phenoxy) is 1. The quantitative estimate of drug-likeness (QED) is 0.844. The Kier molecular flexibility index (Phi) is 3.60. The van der Waals surface area contributed by atoms with Crippen LogP contribution in [0.3, 0.4) is 0 Å². The highest BCUT2D eigenvalue weighted by atomic mass is 19.1. The Labute approximate surface area is 113 Å². The third-order valence-corrected chi connectivity index (χ3v) is 3.01. The van der Waals surface area contributed by atoms with Crippen LogP contribution in [0.5, 0.6) is 5.75 Å². The summed E-state index contributed by atoms with van der Waals surface area (Å²) in [5.41, 5.74) is 3.18. The molecule has 0 spiro atoms. The molecule has 0 unspecified atom stereocenters. The lowest BCUT2D eigenvalue weighted by Crippen LogP contribution is -2.06. The van der Waals surface area contributed by atoms with E-state index in [0.717, 1.165) is 16.9 Å². The number of aryl methyl sites for hydroxylation is 2. The second-order valence-corrected chi connectivity index (χ2v) is 5.03. The lowest BCUT2D eigenvalue weighted by Gasteiger charge is -2.13. The Morgan fingerprint density at radius 1 is 1.26 bits per heavy atom. The third-order valence-electron chi connectivity index (χ3n) is 3.01. The van der Waals surface area contributed by atoms with Gasteiger partial charge in [0.05, 0.1) is 11.8 Å². The average Bonchev–Trinajstić information content (AvgIpc) is 2.59. The molecule has 0 aliphatic carbocycles. The molecule has 0 amide bonds. The minimum atomic E-state index is -0.296. The molecule has 0 aliphatic rings. The third kappa shape index (κ3) is 2.62. The highest BCUT2D eigenvalue weighted by Crippen LogP contribution is 2.28. The first kappa shape index (κ1) is 13.6. The molecule has 19 heavy (non-hydrogen) atoms. The van der Waals surface area contributed by atoms with Gasteiger partial charge in [-0.15, -0.1) is 0 Å². The summed E-state index contributed by atoms with van der Waals surface area (Å²) in [6, 6.07) is 5.81. The normalized spacial score (nSPS) is 11.1. The standard InChI is InChI=1S/C15H19FN2O/c1-9(2)19-13-7-6-12(8-10(13)3)14-11(4)15(16)18(5)17-14/h6-9H,1-5H3. The Bertz CT molecular complexity index is 602. The summed E-state index contributed by atoms with van der Waals surface area (Å²) in [6.07, 6.45) is 0.138. The molecule has 0 atom stereocenters. The van der Waals surface area contributed by atoms with Crippen molar-refractivity contribution in [2.24, 2.45) is 7.05 Å². The summed E-state index contributed by atoms with van der Waals surface area (Å²) in [4.78, 5) is 0. The van der Waals surface area contributed by atoms with E-state index in [-0.39, 0.29) is 12.1 Å². The van der Waals surface area contributed by atoms with E-state index in [1.165, 1.54) is 4.68 Å². The molecule has 0 fully saturated rings. The summed E-state index contributed by atoms with van der Waals surface area (Å²) in [5, 5.41) is 4.21. The number of benzene rings is 1. The van der Waals surface area contributed by atoms with Crippen LogP contribution in [0.4, 0.5) is 4.39 Å². The van der Waals surface area contributed by atoms with E-state index >= 15 is 0 Å². The number of halogens is 1. The molecule has 2 aromatic rings. The van der Waals surface area contributed by atoms with Crippen molar-refractivity contribution >= 4 is 0 Å². The van der Waals surface area contributed by atoms with Gasteiger partial charge < -0.3 is 4.74 Å². The minimum absolute atomic E-state index is 0.138. The summed E-state index contributed by atoms with van der Waals surface area (Å²) in [5.74, 6) is 0.558. The predicted molar refractivity (Wildman–Crippen MR) is 73.8 cm³/mol. The number of rotatable bonds is 3. The zero-order chi connectivity index (χ0) is 14.2. The van der Waals surface area contributed by atoms with Gasteiger partial charge in [-0.05, 0) is 51.5 Å². The van der Waals surface area contributed by atoms with Crippen molar-refractivity contribution in [2.45, 2.75) is 33.8 Å². The zero-order valence-corrected chi connectivity index (χ0v) is 12.0. The van der Waals surface area contributed by atoms with Gasteiger partial charge in [0.15, 0.2) is 0 Å². The highest BCUT2D eigenvalue weighted by Gasteiger charge is 2.14. The molecule has 102 valence electrons. The van der Waals surface area contributed by atoms with Gasteiger partial charge in [-0.2, -0.15) is 9.49 Å². The fraction of sp³-hybridized carbons (Fsp3) is 0.400. The van der Waals surface area contributed by atoms with Crippen LogP contribution in [-0.4, -0.2) is 15.9 Å². The van der Waals surface area contributed by atoms with Crippen molar-refractivity contribution in [1.82, 2.24) is 9.78 Å². The van der Waals surface area contributed by atoms with Crippen molar-refractivity contribution in [3.05, 3.63) is 35.3 Å². The van der Waals surface area contributed by atoms with Crippen molar-refractivity contribution in [1.29, 1.82) is 0 Å². The molecular weight excluding hydrogens is 243 g/mol. The van der Waals surface area contributed by atoms with Crippen LogP contribution in [0.25, 0.3) is 11.3 Å². The van der Waals surface area contributed by atoms with Crippen LogP contribution in [0.1, 0.15) is 25.0 Å². The van der Waals surface area contributed by atoms with Crippen LogP contribution >= 0.6 is 0 Å². The van der Waals surface area contributed by atoms with Crippen LogP contribution in [0.2, 0.25) is 0 Å². The molecule has 1 aromatic carbocycles. The van der Waals surface area contributed by atoms with E-state index in [4.69, 9.17) is 4.74 Å². The van der Waals surface area contributed by atoms with Gasteiger partial charge in [0.1, 0.15) is 5.75 Å². The van der Waals surface area contributed by atoms with Crippen LogP contribution in [0.15, 0.2) is 18.2 Å². The predicted octanol–water partition coefficient (Wildman–Crippen LogP) is 3.63. The molecule has 2 rings (SSSR count). The fourth-order valence-electron chi connectivity index (χ4n) is 2.07. The Morgan fingerprint density at radius 2 is 1.95 bits per heavy atom. The van der Waals surface area contributed by atoms with E-state index in [9.17, 15) is 4.39 Å². The van der Waals surface area contributed by atoms with Gasteiger partial charge in [-0.3, -0.25) is 0 Å². The van der Waals surface area contributed by atoms with Gasteiger partial charge >= 0.3 is 0 Å². The van der Waals surface area contributed by atoms with Crippen LogP contribution in [0, 0.1) is 19.8 Å². The summed E-state index contributed by atoms with van der Waals surface area (Å²) in [6.45, 7) is 7.71. The molecule has 3 nitrogen and oxygen atoms in total. The topological polar surface area (TPSA) is 27.1 Å². The average molecular weight is 262 g/mol. The maximum Gasteiger partial charge on any atom is 0.214 e. The smallest absolute Gasteiger partial charge is 0.214 e. The van der Waals surface area contributed by atoms with Gasteiger partial charge in [-0.25, -0.2) is 4.68 Å². The first-order valence-corrected chi connectivity index (χ1v) is 6.37. The summed E-state index contributed by atoms with van der Waals surface area (Å²) >= 11 is 0. The molecular formula is C15H19FN2O. The van der Waals surface area contributed by atoms with Crippen molar-refractivity contribution in [2.75, 3.05) is 0 Å². The summed E-state index contributed by atoms with van der Waals surface area (Å²) < 4.78 is 20.6. The van der Waals surface area contributed by atoms with Gasteiger partial charge in [0.25, 0.3) is 0 Å². The van der Waals surface area contributed by atoms with Crippen LogP contribution < -0.4 is 4.74 Å². The van der Waals surface area contributed by atoms with Crippen molar-refractivity contribution in [3.63, 3.8) is 0 Å². The van der Waals surface area contributed by atoms with Crippen molar-refractivity contribution in [3.8, 4) is 17.0 Å². The van der Waals surface area contributed by atoms with E-state index in [1.807, 2.05) is 39.0 Å². The maximum atomic E-state index is 13.7.